The first-order valence-corrected chi connectivity index (χ1v) is 6.48. The number of hydrogen-bond donors (Lipinski definition) is 0. The number of carbonyl (C=O) groups excluding carboxylic acids is 1. The fourth-order valence-electron chi connectivity index (χ4n) is 1.76. The van der Waals surface area contributed by atoms with Crippen LogP contribution in [-0.2, 0) is 9.53 Å². The third-order valence-electron chi connectivity index (χ3n) is 2.60. The van der Waals surface area contributed by atoms with Gasteiger partial charge >= 0.3 is 0 Å². The van der Waals surface area contributed by atoms with Gasteiger partial charge in [-0.05, 0) is 12.8 Å². The number of amides is 1. The van der Waals surface area contributed by atoms with Gasteiger partial charge in [0, 0.05) is 31.0 Å². The fourth-order valence-corrected chi connectivity index (χ4v) is 2.19. The van der Waals surface area contributed by atoms with Crippen molar-refractivity contribution in [2.24, 2.45) is 5.92 Å². The van der Waals surface area contributed by atoms with Gasteiger partial charge in [0.1, 0.15) is 0 Å². The highest BCUT2D eigenvalue weighted by Gasteiger charge is 2.27. The van der Waals surface area contributed by atoms with Crippen molar-refractivity contribution in [1.82, 2.24) is 4.90 Å². The van der Waals surface area contributed by atoms with Crippen LogP contribution in [0.2, 0.25) is 0 Å². The minimum absolute atomic E-state index is 0.147. The van der Waals surface area contributed by atoms with Gasteiger partial charge < -0.3 is 9.64 Å². The number of alkyl halides is 3. The molecule has 0 aliphatic carbocycles. The Morgan fingerprint density at radius 1 is 1.44 bits per heavy atom. The van der Waals surface area contributed by atoms with Crippen molar-refractivity contribution < 1.29 is 18.3 Å². The third-order valence-corrected chi connectivity index (χ3v) is 2.95. The SMILES string of the molecule is O=C(C1CCOCC1)N(CCBr)CC(F)F. The summed E-state index contributed by atoms with van der Waals surface area (Å²) in [6.07, 6.45) is -1.19. The molecule has 0 aromatic rings. The minimum Gasteiger partial charge on any atom is -0.381 e. The van der Waals surface area contributed by atoms with E-state index in [1.807, 2.05) is 0 Å². The predicted molar refractivity (Wildman–Crippen MR) is 59.9 cm³/mol. The van der Waals surface area contributed by atoms with Crippen LogP contribution in [0.4, 0.5) is 8.78 Å². The molecule has 6 heteroatoms. The van der Waals surface area contributed by atoms with Crippen molar-refractivity contribution in [3.63, 3.8) is 0 Å². The zero-order valence-corrected chi connectivity index (χ0v) is 10.6. The summed E-state index contributed by atoms with van der Waals surface area (Å²) in [5, 5.41) is 0.522. The van der Waals surface area contributed by atoms with E-state index in [1.165, 1.54) is 4.90 Å². The van der Waals surface area contributed by atoms with Crippen LogP contribution in [0.5, 0.6) is 0 Å². The van der Waals surface area contributed by atoms with Crippen LogP contribution >= 0.6 is 15.9 Å². The Hall–Kier alpha value is -0.230. The monoisotopic (exact) mass is 299 g/mol. The van der Waals surface area contributed by atoms with Crippen LogP contribution < -0.4 is 0 Å². The smallest absolute Gasteiger partial charge is 0.255 e. The van der Waals surface area contributed by atoms with Gasteiger partial charge in [-0.2, -0.15) is 0 Å². The first-order chi connectivity index (χ1) is 7.65. The van der Waals surface area contributed by atoms with Gasteiger partial charge in [-0.3, -0.25) is 4.79 Å². The van der Waals surface area contributed by atoms with Crippen LogP contribution in [0, 0.1) is 5.92 Å². The second-order valence-electron chi connectivity index (χ2n) is 3.75. The summed E-state index contributed by atoms with van der Waals surface area (Å²) < 4.78 is 29.7. The molecule has 3 nitrogen and oxygen atoms in total. The highest BCUT2D eigenvalue weighted by atomic mass is 79.9. The van der Waals surface area contributed by atoms with Gasteiger partial charge in [0.05, 0.1) is 6.54 Å². The van der Waals surface area contributed by atoms with E-state index >= 15 is 0 Å². The van der Waals surface area contributed by atoms with Gasteiger partial charge in [0.25, 0.3) is 6.43 Å². The van der Waals surface area contributed by atoms with Crippen molar-refractivity contribution in [3.8, 4) is 0 Å². The molecule has 1 heterocycles. The molecule has 1 aliphatic heterocycles. The van der Waals surface area contributed by atoms with Crippen molar-refractivity contribution in [2.45, 2.75) is 19.3 Å². The summed E-state index contributed by atoms with van der Waals surface area (Å²) in [4.78, 5) is 13.2. The molecule has 0 spiro atoms. The topological polar surface area (TPSA) is 29.5 Å². The number of rotatable bonds is 5. The van der Waals surface area contributed by atoms with Crippen LogP contribution in [0.15, 0.2) is 0 Å². The lowest BCUT2D eigenvalue weighted by Crippen LogP contribution is -2.42. The van der Waals surface area contributed by atoms with E-state index in [0.29, 0.717) is 37.9 Å². The quantitative estimate of drug-likeness (QED) is 0.726. The molecule has 0 bridgehead atoms. The molecule has 0 saturated carbocycles. The highest BCUT2D eigenvalue weighted by Crippen LogP contribution is 2.18. The number of ether oxygens (including phenoxy) is 1. The molecule has 0 aromatic carbocycles. The van der Waals surface area contributed by atoms with Crippen LogP contribution in [0.1, 0.15) is 12.8 Å². The lowest BCUT2D eigenvalue weighted by molar-refractivity contribution is -0.140. The molecule has 1 saturated heterocycles. The zero-order valence-electron chi connectivity index (χ0n) is 9.00. The fraction of sp³-hybridized carbons (Fsp3) is 0.900. The Labute approximate surface area is 102 Å². The van der Waals surface area contributed by atoms with Crippen molar-refractivity contribution >= 4 is 21.8 Å². The third kappa shape index (κ3) is 4.33. The summed E-state index contributed by atoms with van der Waals surface area (Å²) in [7, 11) is 0. The average molecular weight is 300 g/mol. The number of hydrogen-bond acceptors (Lipinski definition) is 2. The zero-order chi connectivity index (χ0) is 12.0. The molecule has 0 radical (unpaired) electrons. The van der Waals surface area contributed by atoms with Crippen LogP contribution in [0.3, 0.4) is 0 Å². The Bertz CT molecular complexity index is 223. The largest absolute Gasteiger partial charge is 0.381 e. The molecule has 94 valence electrons. The normalized spacial score (nSPS) is 17.8. The van der Waals surface area contributed by atoms with Crippen LogP contribution in [-0.4, -0.2) is 48.9 Å². The second kappa shape index (κ2) is 7.17. The molecule has 1 amide bonds. The summed E-state index contributed by atoms with van der Waals surface area (Å²) >= 11 is 3.17. The molecule has 1 aliphatic rings. The second-order valence-corrected chi connectivity index (χ2v) is 4.54. The first-order valence-electron chi connectivity index (χ1n) is 5.35. The maximum Gasteiger partial charge on any atom is 0.255 e. The average Bonchev–Trinajstić information content (AvgIpc) is 2.28. The molecule has 1 fully saturated rings. The lowest BCUT2D eigenvalue weighted by atomic mass is 9.98. The summed E-state index contributed by atoms with van der Waals surface area (Å²) in [5.74, 6) is -0.311. The van der Waals surface area contributed by atoms with E-state index in [9.17, 15) is 13.6 Å². The number of halogens is 3. The van der Waals surface area contributed by atoms with Crippen LogP contribution in [0.25, 0.3) is 0 Å². The molecular weight excluding hydrogens is 284 g/mol. The molecule has 0 unspecified atom stereocenters. The maximum atomic E-state index is 12.3. The molecule has 1 rings (SSSR count). The van der Waals surface area contributed by atoms with E-state index in [2.05, 4.69) is 15.9 Å². The maximum absolute atomic E-state index is 12.3. The van der Waals surface area contributed by atoms with Gasteiger partial charge in [-0.15, -0.1) is 0 Å². The molecule has 16 heavy (non-hydrogen) atoms. The standard InChI is InChI=1S/C10H16BrF2NO2/c11-3-4-14(7-9(12)13)10(15)8-1-5-16-6-2-8/h8-9H,1-7H2. The van der Waals surface area contributed by atoms with Gasteiger partial charge in [0.15, 0.2) is 0 Å². The number of carbonyl (C=O) groups is 1. The summed E-state index contributed by atoms with van der Waals surface area (Å²) in [6, 6.07) is 0. The van der Waals surface area contributed by atoms with Gasteiger partial charge in [0.2, 0.25) is 5.91 Å². The first kappa shape index (κ1) is 13.8. The summed E-state index contributed by atoms with van der Waals surface area (Å²) in [6.45, 7) is 0.961. The lowest BCUT2D eigenvalue weighted by Gasteiger charge is -2.28. The Kier molecular flexibility index (Phi) is 6.20. The molecule has 0 N–H and O–H groups in total. The van der Waals surface area contributed by atoms with E-state index in [0.717, 1.165) is 0 Å². The number of nitrogens with zero attached hydrogens (tertiary/aromatic N) is 1. The molecule has 0 atom stereocenters. The minimum atomic E-state index is -2.47. The Morgan fingerprint density at radius 2 is 2.06 bits per heavy atom. The Morgan fingerprint density at radius 3 is 2.56 bits per heavy atom. The van der Waals surface area contributed by atoms with Gasteiger partial charge in [-0.1, -0.05) is 15.9 Å². The van der Waals surface area contributed by atoms with Gasteiger partial charge in [-0.25, -0.2) is 8.78 Å². The van der Waals surface area contributed by atoms with E-state index in [-0.39, 0.29) is 11.8 Å². The Balaban J connectivity index is 2.50. The molecular formula is C10H16BrF2NO2. The van der Waals surface area contributed by atoms with E-state index in [1.54, 1.807) is 0 Å². The summed E-state index contributed by atoms with van der Waals surface area (Å²) in [5.41, 5.74) is 0. The molecule has 0 aromatic heterocycles. The predicted octanol–water partition coefficient (Wildman–Crippen LogP) is 1.90. The van der Waals surface area contributed by atoms with E-state index in [4.69, 9.17) is 4.74 Å². The van der Waals surface area contributed by atoms with Crippen molar-refractivity contribution in [3.05, 3.63) is 0 Å². The van der Waals surface area contributed by atoms with Crippen molar-refractivity contribution in [2.75, 3.05) is 31.6 Å². The highest BCUT2D eigenvalue weighted by molar-refractivity contribution is 9.09. The van der Waals surface area contributed by atoms with Crippen molar-refractivity contribution in [1.29, 1.82) is 0 Å². The van der Waals surface area contributed by atoms with E-state index < -0.39 is 13.0 Å².